The second-order valence-electron chi connectivity index (χ2n) is 5.89. The zero-order chi connectivity index (χ0) is 17.6. The Morgan fingerprint density at radius 3 is 1.58 bits per heavy atom. The maximum Gasteiger partial charge on any atom is 0.0860 e. The minimum absolute atomic E-state index is 0.0432. The first-order valence-corrected chi connectivity index (χ1v) is 8.47. The number of hydrogen-bond acceptors (Lipinski definition) is 4. The highest BCUT2D eigenvalue weighted by Crippen LogP contribution is 2.38. The van der Waals surface area contributed by atoms with Crippen LogP contribution in [0.3, 0.4) is 0 Å². The van der Waals surface area contributed by atoms with Crippen LogP contribution in [-0.2, 0) is 0 Å². The van der Waals surface area contributed by atoms with E-state index in [-0.39, 0.29) is 6.04 Å². The molecular formula is C22H18N4. The van der Waals surface area contributed by atoms with E-state index in [1.807, 2.05) is 42.9 Å². The summed E-state index contributed by atoms with van der Waals surface area (Å²) in [6.45, 7) is 0. The maximum absolute atomic E-state index is 4.34. The molecule has 26 heavy (non-hydrogen) atoms. The van der Waals surface area contributed by atoms with Gasteiger partial charge in [-0.3, -0.25) is 15.0 Å². The van der Waals surface area contributed by atoms with Gasteiger partial charge < -0.3 is 4.90 Å². The molecule has 0 saturated heterocycles. The minimum Gasteiger partial charge on any atom is -0.327 e. The first-order valence-electron chi connectivity index (χ1n) is 8.47. The highest BCUT2D eigenvalue weighted by Gasteiger charge is 2.25. The van der Waals surface area contributed by atoms with Gasteiger partial charge in [-0.2, -0.15) is 0 Å². The Balaban J connectivity index is 1.93. The summed E-state index contributed by atoms with van der Waals surface area (Å²) >= 11 is 0. The predicted molar refractivity (Wildman–Crippen MR) is 103 cm³/mol. The average molecular weight is 338 g/mol. The van der Waals surface area contributed by atoms with Gasteiger partial charge in [0.2, 0.25) is 0 Å². The molecule has 0 radical (unpaired) electrons. The number of nitrogens with zero attached hydrogens (tertiary/aromatic N) is 4. The van der Waals surface area contributed by atoms with Gasteiger partial charge in [-0.25, -0.2) is 0 Å². The fourth-order valence-corrected chi connectivity index (χ4v) is 3.10. The van der Waals surface area contributed by atoms with Crippen LogP contribution in [0.4, 0.5) is 11.4 Å². The molecule has 4 nitrogen and oxygen atoms in total. The van der Waals surface area contributed by atoms with Crippen LogP contribution in [0, 0.1) is 0 Å². The van der Waals surface area contributed by atoms with Crippen molar-refractivity contribution in [1.82, 2.24) is 15.0 Å². The maximum atomic E-state index is 4.34. The molecular weight excluding hydrogens is 320 g/mol. The molecule has 3 heterocycles. The molecule has 0 saturated carbocycles. The highest BCUT2D eigenvalue weighted by atomic mass is 15.2. The van der Waals surface area contributed by atoms with E-state index in [4.69, 9.17) is 0 Å². The second-order valence-corrected chi connectivity index (χ2v) is 5.89. The number of rotatable bonds is 5. The van der Waals surface area contributed by atoms with Gasteiger partial charge in [0.1, 0.15) is 0 Å². The minimum atomic E-state index is -0.0432. The Morgan fingerprint density at radius 1 is 0.538 bits per heavy atom. The summed E-state index contributed by atoms with van der Waals surface area (Å²) in [4.78, 5) is 15.2. The van der Waals surface area contributed by atoms with E-state index in [1.165, 1.54) is 5.56 Å². The molecule has 0 bridgehead atoms. The third-order valence-corrected chi connectivity index (χ3v) is 4.22. The number of benzene rings is 1. The zero-order valence-electron chi connectivity index (χ0n) is 14.2. The molecule has 0 fully saturated rings. The van der Waals surface area contributed by atoms with E-state index in [2.05, 4.69) is 62.3 Å². The monoisotopic (exact) mass is 338 g/mol. The van der Waals surface area contributed by atoms with Crippen LogP contribution in [0.15, 0.2) is 104 Å². The van der Waals surface area contributed by atoms with Gasteiger partial charge in [0, 0.05) is 24.8 Å². The third kappa shape index (κ3) is 3.30. The van der Waals surface area contributed by atoms with Crippen LogP contribution >= 0.6 is 0 Å². The van der Waals surface area contributed by atoms with Crippen molar-refractivity contribution in [1.29, 1.82) is 0 Å². The van der Waals surface area contributed by atoms with E-state index in [0.29, 0.717) is 0 Å². The molecule has 0 amide bonds. The average Bonchev–Trinajstić information content (AvgIpc) is 2.74. The molecule has 1 atom stereocenters. The molecule has 0 aliphatic carbocycles. The molecule has 0 aliphatic rings. The fraction of sp³-hybridized carbons (Fsp3) is 0.0455. The number of hydrogen-bond donors (Lipinski definition) is 0. The van der Waals surface area contributed by atoms with Crippen molar-refractivity contribution in [3.05, 3.63) is 115 Å². The molecule has 0 spiro atoms. The lowest BCUT2D eigenvalue weighted by Gasteiger charge is -2.34. The van der Waals surface area contributed by atoms with E-state index in [0.717, 1.165) is 16.9 Å². The van der Waals surface area contributed by atoms with E-state index >= 15 is 0 Å². The van der Waals surface area contributed by atoms with Gasteiger partial charge in [0.15, 0.2) is 0 Å². The molecule has 4 heteroatoms. The van der Waals surface area contributed by atoms with Crippen LogP contribution in [0.5, 0.6) is 0 Å². The van der Waals surface area contributed by atoms with Gasteiger partial charge >= 0.3 is 0 Å². The Kier molecular flexibility index (Phi) is 4.65. The zero-order valence-corrected chi connectivity index (χ0v) is 14.2. The molecule has 3 aromatic heterocycles. The van der Waals surface area contributed by atoms with Gasteiger partial charge in [-0.15, -0.1) is 0 Å². The van der Waals surface area contributed by atoms with Crippen molar-refractivity contribution in [3.63, 3.8) is 0 Å². The topological polar surface area (TPSA) is 41.9 Å². The Bertz CT molecular complexity index is 769. The smallest absolute Gasteiger partial charge is 0.0860 e. The van der Waals surface area contributed by atoms with Crippen molar-refractivity contribution >= 4 is 11.4 Å². The molecule has 126 valence electrons. The van der Waals surface area contributed by atoms with E-state index in [9.17, 15) is 0 Å². The van der Waals surface area contributed by atoms with Crippen LogP contribution in [0.2, 0.25) is 0 Å². The van der Waals surface area contributed by atoms with Crippen LogP contribution in [0.1, 0.15) is 17.2 Å². The number of pyridine rings is 3. The summed E-state index contributed by atoms with van der Waals surface area (Å²) in [5.74, 6) is 0. The normalized spacial score (nSPS) is 11.7. The number of aromatic nitrogens is 3. The molecule has 4 aromatic rings. The highest BCUT2D eigenvalue weighted by molar-refractivity contribution is 5.65. The Morgan fingerprint density at radius 2 is 1.08 bits per heavy atom. The van der Waals surface area contributed by atoms with Crippen molar-refractivity contribution in [2.24, 2.45) is 0 Å². The Labute approximate surface area is 152 Å². The lowest BCUT2D eigenvalue weighted by Crippen LogP contribution is -2.25. The van der Waals surface area contributed by atoms with Crippen molar-refractivity contribution in [3.8, 4) is 0 Å². The second kappa shape index (κ2) is 7.57. The van der Waals surface area contributed by atoms with Gasteiger partial charge in [0.25, 0.3) is 0 Å². The quantitative estimate of drug-likeness (QED) is 0.524. The Hall–Kier alpha value is -3.53. The largest absolute Gasteiger partial charge is 0.327 e. The molecule has 1 aromatic carbocycles. The first kappa shape index (κ1) is 16.0. The summed E-state index contributed by atoms with van der Waals surface area (Å²) in [5.41, 5.74) is 4.27. The van der Waals surface area contributed by atoms with Gasteiger partial charge in [-0.05, 0) is 41.5 Å². The van der Waals surface area contributed by atoms with E-state index < -0.39 is 0 Å². The predicted octanol–water partition coefficient (Wildman–Crippen LogP) is 4.80. The summed E-state index contributed by atoms with van der Waals surface area (Å²) in [6, 6.07) is 22.5. The van der Waals surface area contributed by atoms with Crippen molar-refractivity contribution in [2.75, 3.05) is 4.90 Å². The van der Waals surface area contributed by atoms with E-state index in [1.54, 1.807) is 18.6 Å². The standard InChI is InChI=1S/C22H18N4/c1-2-7-18(8-3-1)22(19-9-4-12-23-15-19)26(20-10-5-13-24-16-20)21-11-6-14-25-17-21/h1-17,22H. The molecule has 0 N–H and O–H groups in total. The van der Waals surface area contributed by atoms with Crippen LogP contribution < -0.4 is 4.90 Å². The van der Waals surface area contributed by atoms with Gasteiger partial charge in [0.05, 0.1) is 29.8 Å². The van der Waals surface area contributed by atoms with Crippen LogP contribution in [-0.4, -0.2) is 15.0 Å². The van der Waals surface area contributed by atoms with Gasteiger partial charge in [-0.1, -0.05) is 36.4 Å². The molecule has 1 unspecified atom stereocenters. The van der Waals surface area contributed by atoms with Crippen LogP contribution in [0.25, 0.3) is 0 Å². The summed E-state index contributed by atoms with van der Waals surface area (Å²) < 4.78 is 0. The third-order valence-electron chi connectivity index (χ3n) is 4.22. The number of anilines is 2. The summed E-state index contributed by atoms with van der Waals surface area (Å²) in [7, 11) is 0. The lowest BCUT2D eigenvalue weighted by atomic mass is 9.97. The SMILES string of the molecule is c1ccc(C(c2cccnc2)N(c2cccnc2)c2cccnc2)cc1. The fourth-order valence-electron chi connectivity index (χ4n) is 3.10. The molecule has 4 rings (SSSR count). The summed E-state index contributed by atoms with van der Waals surface area (Å²) in [5, 5.41) is 0. The lowest BCUT2D eigenvalue weighted by molar-refractivity contribution is 0.809. The molecule has 0 aliphatic heterocycles. The van der Waals surface area contributed by atoms with Crippen molar-refractivity contribution < 1.29 is 0 Å². The first-order chi connectivity index (χ1) is 12.9. The summed E-state index contributed by atoms with van der Waals surface area (Å²) in [6.07, 6.45) is 11.0. The van der Waals surface area contributed by atoms with Crippen molar-refractivity contribution in [2.45, 2.75) is 6.04 Å².